The van der Waals surface area contributed by atoms with Crippen LogP contribution in [0, 0.1) is 11.8 Å². The summed E-state index contributed by atoms with van der Waals surface area (Å²) >= 11 is 0. The molecule has 0 saturated heterocycles. The van der Waals surface area contributed by atoms with Crippen LogP contribution in [0.15, 0.2) is 12.2 Å². The first kappa shape index (κ1) is 5.96. The summed E-state index contributed by atoms with van der Waals surface area (Å²) in [6, 6.07) is 0.437. The van der Waals surface area contributed by atoms with Gasteiger partial charge in [0.2, 0.25) is 6.41 Å². The minimum absolute atomic E-state index is 0.437. The summed E-state index contributed by atoms with van der Waals surface area (Å²) in [5, 5.41) is 2.84. The van der Waals surface area contributed by atoms with Crippen molar-refractivity contribution < 1.29 is 4.79 Å². The van der Waals surface area contributed by atoms with Crippen molar-refractivity contribution in [1.82, 2.24) is 5.32 Å². The van der Waals surface area contributed by atoms with Crippen LogP contribution in [0.5, 0.6) is 0 Å². The highest BCUT2D eigenvalue weighted by molar-refractivity contribution is 5.47. The molecule has 2 bridgehead atoms. The molecule has 0 aromatic rings. The van der Waals surface area contributed by atoms with Gasteiger partial charge in [0.1, 0.15) is 0 Å². The maximum Gasteiger partial charge on any atom is 0.207 e. The lowest BCUT2D eigenvalue weighted by Crippen LogP contribution is -2.31. The molecule has 0 aromatic carbocycles. The molecule has 0 radical (unpaired) electrons. The Morgan fingerprint density at radius 2 is 2.30 bits per heavy atom. The predicted molar refractivity (Wildman–Crippen MR) is 38.3 cm³/mol. The van der Waals surface area contributed by atoms with Crippen molar-refractivity contribution in [2.75, 3.05) is 0 Å². The molecule has 1 N–H and O–H groups in total. The van der Waals surface area contributed by atoms with Gasteiger partial charge < -0.3 is 5.32 Å². The van der Waals surface area contributed by atoms with Crippen LogP contribution < -0.4 is 5.32 Å². The van der Waals surface area contributed by atoms with Gasteiger partial charge in [0.05, 0.1) is 0 Å². The van der Waals surface area contributed by atoms with Crippen LogP contribution >= 0.6 is 0 Å². The average Bonchev–Trinajstić information content (AvgIpc) is 2.48. The summed E-state index contributed by atoms with van der Waals surface area (Å²) < 4.78 is 0. The fourth-order valence-electron chi connectivity index (χ4n) is 2.06. The largest absolute Gasteiger partial charge is 0.355 e. The Balaban J connectivity index is 2.02. The third-order valence-corrected chi connectivity index (χ3v) is 2.56. The Hall–Kier alpha value is -0.790. The third-order valence-electron chi connectivity index (χ3n) is 2.56. The molecule has 1 saturated carbocycles. The fourth-order valence-corrected chi connectivity index (χ4v) is 2.06. The van der Waals surface area contributed by atoms with E-state index in [-0.39, 0.29) is 0 Å². The molecule has 1 amide bonds. The van der Waals surface area contributed by atoms with Crippen molar-refractivity contribution in [3.8, 4) is 0 Å². The number of allylic oxidation sites excluding steroid dienone is 1. The molecule has 3 atom stereocenters. The zero-order valence-corrected chi connectivity index (χ0v) is 5.79. The molecule has 0 spiro atoms. The number of carbonyl (C=O) groups is 1. The van der Waals surface area contributed by atoms with Gasteiger partial charge in [-0.2, -0.15) is 0 Å². The highest BCUT2D eigenvalue weighted by Gasteiger charge is 2.34. The number of amides is 1. The van der Waals surface area contributed by atoms with Crippen LogP contribution in [-0.2, 0) is 4.79 Å². The third kappa shape index (κ3) is 0.753. The van der Waals surface area contributed by atoms with Gasteiger partial charge in [-0.15, -0.1) is 0 Å². The monoisotopic (exact) mass is 137 g/mol. The standard InChI is InChI=1S/C8H11NO/c10-5-9-8-4-6-1-2-7(8)3-6/h1-2,5-8H,3-4H2,(H,9,10). The van der Waals surface area contributed by atoms with Gasteiger partial charge in [-0.3, -0.25) is 4.79 Å². The fraction of sp³-hybridized carbons (Fsp3) is 0.625. The molecule has 2 heteroatoms. The van der Waals surface area contributed by atoms with Crippen LogP contribution in [0.2, 0.25) is 0 Å². The van der Waals surface area contributed by atoms with Crippen LogP contribution in [0.1, 0.15) is 12.8 Å². The van der Waals surface area contributed by atoms with E-state index < -0.39 is 0 Å². The topological polar surface area (TPSA) is 29.1 Å². The second-order valence-electron chi connectivity index (χ2n) is 3.17. The molecule has 0 aromatic heterocycles. The van der Waals surface area contributed by atoms with E-state index >= 15 is 0 Å². The van der Waals surface area contributed by atoms with E-state index in [9.17, 15) is 4.79 Å². The second-order valence-corrected chi connectivity index (χ2v) is 3.17. The molecule has 2 nitrogen and oxygen atoms in total. The zero-order chi connectivity index (χ0) is 6.97. The lowest BCUT2D eigenvalue weighted by Gasteiger charge is -2.15. The number of carbonyl (C=O) groups excluding carboxylic acids is 1. The maximum atomic E-state index is 10.1. The smallest absolute Gasteiger partial charge is 0.207 e. The second kappa shape index (κ2) is 2.11. The van der Waals surface area contributed by atoms with Crippen molar-refractivity contribution in [2.45, 2.75) is 18.9 Å². The Bertz CT molecular complexity index is 176. The minimum Gasteiger partial charge on any atom is -0.355 e. The van der Waals surface area contributed by atoms with E-state index in [4.69, 9.17) is 0 Å². The van der Waals surface area contributed by atoms with E-state index in [1.807, 2.05) is 0 Å². The Labute approximate surface area is 60.3 Å². The minimum atomic E-state index is 0.437. The van der Waals surface area contributed by atoms with E-state index in [1.54, 1.807) is 0 Å². The molecule has 0 heterocycles. The first-order valence-electron chi connectivity index (χ1n) is 3.78. The van der Waals surface area contributed by atoms with E-state index in [2.05, 4.69) is 17.5 Å². The summed E-state index contributed by atoms with van der Waals surface area (Å²) in [5.41, 5.74) is 0. The Kier molecular flexibility index (Phi) is 1.26. The molecule has 2 rings (SSSR count). The van der Waals surface area contributed by atoms with Gasteiger partial charge in [0.25, 0.3) is 0 Å². The Morgan fingerprint density at radius 1 is 1.40 bits per heavy atom. The summed E-state index contributed by atoms with van der Waals surface area (Å²) in [6.07, 6.45) is 7.73. The predicted octanol–water partition coefficient (Wildman–Crippen LogP) is 0.697. The zero-order valence-electron chi connectivity index (χ0n) is 5.79. The van der Waals surface area contributed by atoms with Crippen LogP contribution in [0.3, 0.4) is 0 Å². The van der Waals surface area contributed by atoms with E-state index in [0.717, 1.165) is 18.7 Å². The number of hydrogen-bond acceptors (Lipinski definition) is 1. The molecule has 2 aliphatic carbocycles. The van der Waals surface area contributed by atoms with E-state index in [1.165, 1.54) is 6.42 Å². The van der Waals surface area contributed by atoms with Gasteiger partial charge in [-0.25, -0.2) is 0 Å². The lowest BCUT2D eigenvalue weighted by molar-refractivity contribution is -0.110. The highest BCUT2D eigenvalue weighted by Crippen LogP contribution is 2.38. The molecule has 1 fully saturated rings. The normalized spacial score (nSPS) is 42.2. The van der Waals surface area contributed by atoms with Gasteiger partial charge in [-0.05, 0) is 24.7 Å². The first-order chi connectivity index (χ1) is 4.90. The van der Waals surface area contributed by atoms with Gasteiger partial charge in [-0.1, -0.05) is 12.2 Å². The molecular weight excluding hydrogens is 126 g/mol. The average molecular weight is 137 g/mol. The molecule has 2 aliphatic rings. The molecule has 0 aliphatic heterocycles. The number of rotatable bonds is 2. The number of nitrogens with one attached hydrogen (secondary N) is 1. The highest BCUT2D eigenvalue weighted by atomic mass is 16.1. The maximum absolute atomic E-state index is 10.1. The van der Waals surface area contributed by atoms with Crippen LogP contribution in [-0.4, -0.2) is 12.5 Å². The van der Waals surface area contributed by atoms with Crippen molar-refractivity contribution in [3.05, 3.63) is 12.2 Å². The van der Waals surface area contributed by atoms with Crippen molar-refractivity contribution in [3.63, 3.8) is 0 Å². The first-order valence-corrected chi connectivity index (χ1v) is 3.78. The SMILES string of the molecule is O=CNC1CC2C=CC1C2. The van der Waals surface area contributed by atoms with Gasteiger partial charge in [0.15, 0.2) is 0 Å². The van der Waals surface area contributed by atoms with Crippen molar-refractivity contribution >= 4 is 6.41 Å². The number of hydrogen-bond donors (Lipinski definition) is 1. The molecule has 54 valence electrons. The molecule has 10 heavy (non-hydrogen) atoms. The Morgan fingerprint density at radius 3 is 2.80 bits per heavy atom. The molecular formula is C8H11NO. The van der Waals surface area contributed by atoms with Crippen molar-refractivity contribution in [2.24, 2.45) is 11.8 Å². The van der Waals surface area contributed by atoms with Crippen LogP contribution in [0.25, 0.3) is 0 Å². The summed E-state index contributed by atoms with van der Waals surface area (Å²) in [5.74, 6) is 1.39. The summed E-state index contributed by atoms with van der Waals surface area (Å²) in [4.78, 5) is 10.1. The number of fused-ring (bicyclic) bond motifs is 2. The van der Waals surface area contributed by atoms with Gasteiger partial charge in [0, 0.05) is 6.04 Å². The van der Waals surface area contributed by atoms with E-state index in [0.29, 0.717) is 12.0 Å². The lowest BCUT2D eigenvalue weighted by atomic mass is 10.0. The quantitative estimate of drug-likeness (QED) is 0.440. The van der Waals surface area contributed by atoms with Crippen molar-refractivity contribution in [1.29, 1.82) is 0 Å². The summed E-state index contributed by atoms with van der Waals surface area (Å²) in [7, 11) is 0. The summed E-state index contributed by atoms with van der Waals surface area (Å²) in [6.45, 7) is 0. The van der Waals surface area contributed by atoms with Gasteiger partial charge >= 0.3 is 0 Å². The molecule has 3 unspecified atom stereocenters. The van der Waals surface area contributed by atoms with Crippen LogP contribution in [0.4, 0.5) is 0 Å².